The molecular formula is C27H24F2N6O. The van der Waals surface area contributed by atoms with Gasteiger partial charge in [0, 0.05) is 42.8 Å². The van der Waals surface area contributed by atoms with Gasteiger partial charge in [0.1, 0.15) is 17.3 Å². The minimum atomic E-state index is -2.52. The van der Waals surface area contributed by atoms with Crippen LogP contribution in [0.1, 0.15) is 43.0 Å². The number of aryl methyl sites for hydroxylation is 1. The predicted octanol–water partition coefficient (Wildman–Crippen LogP) is 6.39. The van der Waals surface area contributed by atoms with Crippen molar-refractivity contribution in [2.24, 2.45) is 5.92 Å². The molecule has 3 heterocycles. The lowest BCUT2D eigenvalue weighted by molar-refractivity contribution is -0.114. The van der Waals surface area contributed by atoms with Crippen LogP contribution >= 0.6 is 0 Å². The minimum Gasteiger partial charge on any atom is -0.457 e. The molecule has 7 nitrogen and oxygen atoms in total. The zero-order chi connectivity index (χ0) is 24.4. The summed E-state index contributed by atoms with van der Waals surface area (Å²) in [5.41, 5.74) is 6.09. The highest BCUT2D eigenvalue weighted by atomic mass is 19.3. The summed E-state index contributed by atoms with van der Waals surface area (Å²) in [6, 6.07) is 9.75. The zero-order valence-electron chi connectivity index (χ0n) is 19.7. The van der Waals surface area contributed by atoms with E-state index in [1.807, 2.05) is 43.5 Å². The Bertz CT molecular complexity index is 1610. The molecule has 0 radical (unpaired) electrons. The lowest BCUT2D eigenvalue weighted by Gasteiger charge is -2.34. The number of alkyl halides is 2. The third-order valence-corrected chi connectivity index (χ3v) is 7.05. The van der Waals surface area contributed by atoms with Crippen LogP contribution in [0.5, 0.6) is 11.5 Å². The molecule has 0 atom stereocenters. The van der Waals surface area contributed by atoms with E-state index < -0.39 is 5.92 Å². The van der Waals surface area contributed by atoms with E-state index in [4.69, 9.17) is 9.72 Å². The van der Waals surface area contributed by atoms with Crippen LogP contribution in [0.3, 0.4) is 0 Å². The Morgan fingerprint density at radius 2 is 1.92 bits per heavy atom. The fourth-order valence-corrected chi connectivity index (χ4v) is 5.16. The van der Waals surface area contributed by atoms with E-state index in [9.17, 15) is 8.78 Å². The van der Waals surface area contributed by atoms with Crippen molar-refractivity contribution in [3.05, 3.63) is 60.3 Å². The normalized spacial score (nSPS) is 17.5. The van der Waals surface area contributed by atoms with Crippen molar-refractivity contribution in [1.82, 2.24) is 29.7 Å². The summed E-state index contributed by atoms with van der Waals surface area (Å²) in [5.74, 6) is 0.208. The van der Waals surface area contributed by atoms with Crippen LogP contribution in [-0.2, 0) is 6.54 Å². The molecule has 0 saturated heterocycles. The second-order valence-electron chi connectivity index (χ2n) is 10.1. The van der Waals surface area contributed by atoms with Crippen molar-refractivity contribution in [3.63, 3.8) is 0 Å². The Morgan fingerprint density at radius 3 is 2.72 bits per heavy atom. The van der Waals surface area contributed by atoms with Crippen LogP contribution in [-0.4, -0.2) is 35.6 Å². The van der Waals surface area contributed by atoms with Crippen LogP contribution in [0.15, 0.2) is 48.9 Å². The maximum atomic E-state index is 13.2. The van der Waals surface area contributed by atoms with Crippen LogP contribution in [0.25, 0.3) is 33.3 Å². The number of halogens is 2. The van der Waals surface area contributed by atoms with E-state index >= 15 is 0 Å². The van der Waals surface area contributed by atoms with Gasteiger partial charge in [-0.15, -0.1) is 0 Å². The number of rotatable bonds is 6. The summed E-state index contributed by atoms with van der Waals surface area (Å²) in [6.45, 7) is 2.42. The molecule has 2 aliphatic carbocycles. The zero-order valence-corrected chi connectivity index (χ0v) is 19.7. The van der Waals surface area contributed by atoms with Gasteiger partial charge in [-0.2, -0.15) is 5.10 Å². The third kappa shape index (κ3) is 3.88. The Morgan fingerprint density at radius 1 is 1.08 bits per heavy atom. The molecule has 36 heavy (non-hydrogen) atoms. The number of aromatic amines is 1. The van der Waals surface area contributed by atoms with Crippen LogP contribution < -0.4 is 4.74 Å². The van der Waals surface area contributed by atoms with E-state index in [1.165, 1.54) is 0 Å². The average molecular weight is 487 g/mol. The first-order valence-electron chi connectivity index (χ1n) is 12.2. The molecule has 0 amide bonds. The molecule has 2 fully saturated rings. The fraction of sp³-hybridized carbons (Fsp3) is 0.333. The Hall–Kier alpha value is -3.88. The molecule has 0 spiro atoms. The first-order valence-corrected chi connectivity index (χ1v) is 12.2. The molecule has 3 aromatic heterocycles. The van der Waals surface area contributed by atoms with Gasteiger partial charge in [0.05, 0.1) is 40.2 Å². The van der Waals surface area contributed by atoms with Gasteiger partial charge in [-0.25, -0.2) is 18.7 Å². The number of hydrogen-bond acceptors (Lipinski definition) is 5. The fourth-order valence-electron chi connectivity index (χ4n) is 5.16. The van der Waals surface area contributed by atoms with Gasteiger partial charge in [-0.05, 0) is 55.9 Å². The van der Waals surface area contributed by atoms with Gasteiger partial charge in [-0.1, -0.05) is 0 Å². The molecule has 9 heteroatoms. The monoisotopic (exact) mass is 486 g/mol. The Balaban J connectivity index is 1.21. The average Bonchev–Trinajstić information content (AvgIpc) is 3.43. The largest absolute Gasteiger partial charge is 0.457 e. The lowest BCUT2D eigenvalue weighted by Crippen LogP contribution is -2.37. The van der Waals surface area contributed by atoms with Crippen molar-refractivity contribution in [1.29, 1.82) is 0 Å². The molecule has 0 bridgehead atoms. The van der Waals surface area contributed by atoms with Crippen LogP contribution in [0, 0.1) is 12.8 Å². The van der Waals surface area contributed by atoms with Gasteiger partial charge in [0.25, 0.3) is 0 Å². The SMILES string of the molecule is Cc1nc2ccc(Oc3ccc4ncc(-c5cnn(CC6CC(F)(F)C6)c5)nc4c3C3CC3)cc2[nH]1. The van der Waals surface area contributed by atoms with Gasteiger partial charge < -0.3 is 9.72 Å². The van der Waals surface area contributed by atoms with Gasteiger partial charge >= 0.3 is 0 Å². The molecule has 1 N–H and O–H groups in total. The number of imidazole rings is 1. The number of benzene rings is 2. The van der Waals surface area contributed by atoms with Crippen LogP contribution in [0.4, 0.5) is 8.78 Å². The standard InChI is InChI=1S/C27H24F2N6O/c1-15-32-20-5-4-19(8-22(20)33-15)36-24-7-6-21-26(25(24)17-2-3-17)34-23(12-30-21)18-11-31-35(14-18)13-16-9-27(28,29)10-16/h4-8,11-12,14,16-17H,2-3,9-10,13H2,1H3,(H,32,33). The number of nitrogens with one attached hydrogen (secondary N) is 1. The number of nitrogens with zero attached hydrogens (tertiary/aromatic N) is 5. The number of fused-ring (bicyclic) bond motifs is 2. The van der Waals surface area contributed by atoms with Crippen LogP contribution in [0.2, 0.25) is 0 Å². The number of hydrogen-bond donors (Lipinski definition) is 1. The molecule has 2 saturated carbocycles. The summed E-state index contributed by atoms with van der Waals surface area (Å²) in [4.78, 5) is 17.4. The summed E-state index contributed by atoms with van der Waals surface area (Å²) in [5, 5.41) is 4.38. The molecule has 2 aliphatic rings. The third-order valence-electron chi connectivity index (χ3n) is 7.05. The van der Waals surface area contributed by atoms with E-state index in [2.05, 4.69) is 20.1 Å². The second-order valence-corrected chi connectivity index (χ2v) is 10.1. The predicted molar refractivity (Wildman–Crippen MR) is 131 cm³/mol. The molecule has 7 rings (SSSR count). The van der Waals surface area contributed by atoms with E-state index in [0.29, 0.717) is 18.2 Å². The second kappa shape index (κ2) is 7.81. The van der Waals surface area contributed by atoms with Crippen molar-refractivity contribution in [2.75, 3.05) is 0 Å². The first-order chi connectivity index (χ1) is 17.4. The Kier molecular flexibility index (Phi) is 4.64. The topological polar surface area (TPSA) is 81.5 Å². The maximum absolute atomic E-state index is 13.2. The molecule has 2 aromatic carbocycles. The van der Waals surface area contributed by atoms with Crippen molar-refractivity contribution in [3.8, 4) is 22.8 Å². The molecule has 0 aliphatic heterocycles. The number of H-pyrrole nitrogens is 1. The summed E-state index contributed by atoms with van der Waals surface area (Å²) in [6.07, 6.45) is 7.37. The summed E-state index contributed by atoms with van der Waals surface area (Å²) < 4.78 is 34.5. The molecule has 5 aromatic rings. The number of aromatic nitrogens is 6. The quantitative estimate of drug-likeness (QED) is 0.301. The van der Waals surface area contributed by atoms with Crippen molar-refractivity contribution < 1.29 is 13.5 Å². The molecular weight excluding hydrogens is 462 g/mol. The van der Waals surface area contributed by atoms with Gasteiger partial charge in [-0.3, -0.25) is 9.67 Å². The van der Waals surface area contributed by atoms with E-state index in [-0.39, 0.29) is 18.8 Å². The summed E-state index contributed by atoms with van der Waals surface area (Å²) in [7, 11) is 0. The van der Waals surface area contributed by atoms with Crippen molar-refractivity contribution >= 4 is 22.1 Å². The highest BCUT2D eigenvalue weighted by Gasteiger charge is 2.45. The lowest BCUT2D eigenvalue weighted by atomic mass is 9.81. The smallest absolute Gasteiger partial charge is 0.248 e. The van der Waals surface area contributed by atoms with E-state index in [1.54, 1.807) is 17.1 Å². The maximum Gasteiger partial charge on any atom is 0.248 e. The minimum absolute atomic E-state index is 0.0403. The molecule has 0 unspecified atom stereocenters. The van der Waals surface area contributed by atoms with Gasteiger partial charge in [0.15, 0.2) is 0 Å². The highest BCUT2D eigenvalue weighted by molar-refractivity contribution is 5.84. The van der Waals surface area contributed by atoms with Gasteiger partial charge in [0.2, 0.25) is 5.92 Å². The molecule has 182 valence electrons. The van der Waals surface area contributed by atoms with E-state index in [0.717, 1.165) is 63.4 Å². The highest BCUT2D eigenvalue weighted by Crippen LogP contribution is 2.48. The summed E-state index contributed by atoms with van der Waals surface area (Å²) >= 11 is 0. The number of ether oxygens (including phenoxy) is 1. The first kappa shape index (κ1) is 21.4. The van der Waals surface area contributed by atoms with Crippen molar-refractivity contribution in [2.45, 2.75) is 51.0 Å². The Labute approximate surface area is 205 Å².